The second-order valence-corrected chi connectivity index (χ2v) is 5.93. The molecule has 3 heterocycles. The lowest BCUT2D eigenvalue weighted by molar-refractivity contribution is -0.134. The minimum Gasteiger partial charge on any atom is -0.375 e. The van der Waals surface area contributed by atoms with E-state index in [9.17, 15) is 4.79 Å². The molecular weight excluding hydrogens is 296 g/mol. The number of amides is 1. The third-order valence-electron chi connectivity index (χ3n) is 4.06. The number of carbonyl (C=O) groups is 1. The highest BCUT2D eigenvalue weighted by Gasteiger charge is 2.21. The molecule has 2 saturated heterocycles. The van der Waals surface area contributed by atoms with Gasteiger partial charge < -0.3 is 25.0 Å². The van der Waals surface area contributed by atoms with E-state index in [0.717, 1.165) is 37.6 Å². The fourth-order valence-corrected chi connectivity index (χ4v) is 2.77. The zero-order valence-electron chi connectivity index (χ0n) is 13.5. The van der Waals surface area contributed by atoms with Crippen molar-refractivity contribution >= 4 is 11.7 Å². The van der Waals surface area contributed by atoms with Crippen LogP contribution in [0.25, 0.3) is 0 Å². The zero-order valence-corrected chi connectivity index (χ0v) is 13.5. The third-order valence-corrected chi connectivity index (χ3v) is 4.06. The molecule has 2 fully saturated rings. The van der Waals surface area contributed by atoms with Crippen molar-refractivity contribution < 1.29 is 14.3 Å². The molecule has 1 amide bonds. The summed E-state index contributed by atoms with van der Waals surface area (Å²) in [5.41, 5.74) is 0.979. The van der Waals surface area contributed by atoms with Crippen molar-refractivity contribution in [1.82, 2.24) is 15.6 Å². The van der Waals surface area contributed by atoms with Gasteiger partial charge >= 0.3 is 0 Å². The van der Waals surface area contributed by atoms with E-state index in [1.165, 1.54) is 0 Å². The van der Waals surface area contributed by atoms with Crippen molar-refractivity contribution in [3.63, 3.8) is 0 Å². The predicted octanol–water partition coefficient (Wildman–Crippen LogP) is -0.0887. The predicted molar refractivity (Wildman–Crippen MR) is 86.3 cm³/mol. The SMILES string of the molecule is CC1CN(c2ccc(CNC(=O)C3CNCCO3)cn2)CCO1. The van der Waals surface area contributed by atoms with Crippen LogP contribution in [0.1, 0.15) is 12.5 Å². The molecule has 3 rings (SSSR count). The fraction of sp³-hybridized carbons (Fsp3) is 0.625. The first-order chi connectivity index (χ1) is 11.2. The maximum absolute atomic E-state index is 12.0. The molecule has 23 heavy (non-hydrogen) atoms. The van der Waals surface area contributed by atoms with Crippen molar-refractivity contribution in [2.24, 2.45) is 0 Å². The highest BCUT2D eigenvalue weighted by atomic mass is 16.5. The van der Waals surface area contributed by atoms with E-state index in [1.807, 2.05) is 18.3 Å². The Kier molecular flexibility index (Phi) is 5.43. The number of anilines is 1. The van der Waals surface area contributed by atoms with E-state index < -0.39 is 6.10 Å². The lowest BCUT2D eigenvalue weighted by Crippen LogP contribution is -2.47. The number of hydrogen-bond donors (Lipinski definition) is 2. The molecule has 1 aromatic rings. The monoisotopic (exact) mass is 320 g/mol. The summed E-state index contributed by atoms with van der Waals surface area (Å²) in [5, 5.41) is 6.04. The summed E-state index contributed by atoms with van der Waals surface area (Å²) in [4.78, 5) is 18.7. The molecule has 0 saturated carbocycles. The molecule has 7 heteroatoms. The first-order valence-electron chi connectivity index (χ1n) is 8.14. The fourth-order valence-electron chi connectivity index (χ4n) is 2.77. The number of morpholine rings is 2. The van der Waals surface area contributed by atoms with Gasteiger partial charge in [0.2, 0.25) is 0 Å². The number of rotatable bonds is 4. The molecule has 0 aromatic carbocycles. The smallest absolute Gasteiger partial charge is 0.250 e. The van der Waals surface area contributed by atoms with Crippen LogP contribution >= 0.6 is 0 Å². The first kappa shape index (κ1) is 16.2. The van der Waals surface area contributed by atoms with Crippen LogP contribution in [0.4, 0.5) is 5.82 Å². The normalized spacial score (nSPS) is 25.2. The Hall–Kier alpha value is -1.70. The van der Waals surface area contributed by atoms with Crippen LogP contribution in [-0.2, 0) is 20.8 Å². The average molecular weight is 320 g/mol. The molecule has 0 spiro atoms. The molecule has 2 N–H and O–H groups in total. The van der Waals surface area contributed by atoms with Crippen LogP contribution in [0.15, 0.2) is 18.3 Å². The Balaban J connectivity index is 1.50. The van der Waals surface area contributed by atoms with Gasteiger partial charge in [0.15, 0.2) is 0 Å². The number of pyridine rings is 1. The van der Waals surface area contributed by atoms with Crippen LogP contribution in [0.3, 0.4) is 0 Å². The second-order valence-electron chi connectivity index (χ2n) is 5.93. The summed E-state index contributed by atoms with van der Waals surface area (Å²) in [6, 6.07) is 4.00. The second kappa shape index (κ2) is 7.72. The van der Waals surface area contributed by atoms with Gasteiger partial charge in [-0.3, -0.25) is 4.79 Å². The van der Waals surface area contributed by atoms with Crippen molar-refractivity contribution in [3.05, 3.63) is 23.9 Å². The number of nitrogens with zero attached hydrogens (tertiary/aromatic N) is 2. The van der Waals surface area contributed by atoms with Crippen molar-refractivity contribution in [1.29, 1.82) is 0 Å². The molecule has 2 aliphatic heterocycles. The van der Waals surface area contributed by atoms with E-state index in [0.29, 0.717) is 19.7 Å². The average Bonchev–Trinajstić information content (AvgIpc) is 2.61. The lowest BCUT2D eigenvalue weighted by Gasteiger charge is -2.32. The van der Waals surface area contributed by atoms with Gasteiger partial charge in [-0.1, -0.05) is 6.07 Å². The molecule has 1 aromatic heterocycles. The van der Waals surface area contributed by atoms with Crippen molar-refractivity contribution in [2.45, 2.75) is 25.7 Å². The molecule has 2 aliphatic rings. The molecule has 0 bridgehead atoms. The number of ether oxygens (including phenoxy) is 2. The van der Waals surface area contributed by atoms with E-state index in [4.69, 9.17) is 9.47 Å². The molecule has 0 radical (unpaired) electrons. The Labute approximate surface area is 136 Å². The standard InChI is InChI=1S/C16H24N4O3/c1-12-11-20(5-7-22-12)15-3-2-13(8-18-15)9-19-16(21)14-10-17-4-6-23-14/h2-3,8,12,14,17H,4-7,9-11H2,1H3,(H,19,21). The molecule has 126 valence electrons. The van der Waals surface area contributed by atoms with Gasteiger partial charge in [-0.2, -0.15) is 0 Å². The summed E-state index contributed by atoms with van der Waals surface area (Å²) in [5.74, 6) is 0.873. The molecule has 7 nitrogen and oxygen atoms in total. The summed E-state index contributed by atoms with van der Waals surface area (Å²) < 4.78 is 11.0. The zero-order chi connectivity index (χ0) is 16.1. The van der Waals surface area contributed by atoms with Crippen LogP contribution in [-0.4, -0.2) is 62.5 Å². The van der Waals surface area contributed by atoms with Gasteiger partial charge in [0.05, 0.1) is 19.3 Å². The van der Waals surface area contributed by atoms with E-state index >= 15 is 0 Å². The van der Waals surface area contributed by atoms with Gasteiger partial charge in [-0.05, 0) is 18.6 Å². The van der Waals surface area contributed by atoms with E-state index in [-0.39, 0.29) is 12.0 Å². The molecule has 2 unspecified atom stereocenters. The summed E-state index contributed by atoms with van der Waals surface area (Å²) >= 11 is 0. The Bertz CT molecular complexity index is 517. The van der Waals surface area contributed by atoms with E-state index in [1.54, 1.807) is 0 Å². The van der Waals surface area contributed by atoms with Crippen LogP contribution in [0.2, 0.25) is 0 Å². The number of nitrogens with one attached hydrogen (secondary N) is 2. The van der Waals surface area contributed by atoms with Gasteiger partial charge in [-0.15, -0.1) is 0 Å². The minimum absolute atomic E-state index is 0.0803. The van der Waals surface area contributed by atoms with Crippen molar-refractivity contribution in [3.8, 4) is 0 Å². The van der Waals surface area contributed by atoms with Crippen LogP contribution < -0.4 is 15.5 Å². The quantitative estimate of drug-likeness (QED) is 0.808. The summed E-state index contributed by atoms with van der Waals surface area (Å²) in [6.45, 7) is 6.92. The maximum Gasteiger partial charge on any atom is 0.250 e. The van der Waals surface area contributed by atoms with Crippen LogP contribution in [0, 0.1) is 0 Å². The van der Waals surface area contributed by atoms with Crippen LogP contribution in [0.5, 0.6) is 0 Å². The Morgan fingerprint density at radius 2 is 2.35 bits per heavy atom. The Morgan fingerprint density at radius 1 is 1.43 bits per heavy atom. The maximum atomic E-state index is 12.0. The first-order valence-corrected chi connectivity index (χ1v) is 8.14. The van der Waals surface area contributed by atoms with Gasteiger partial charge in [-0.25, -0.2) is 4.98 Å². The molecule has 2 atom stereocenters. The highest BCUT2D eigenvalue weighted by molar-refractivity contribution is 5.81. The topological polar surface area (TPSA) is 75.7 Å². The lowest BCUT2D eigenvalue weighted by atomic mass is 10.2. The van der Waals surface area contributed by atoms with Crippen molar-refractivity contribution in [2.75, 3.05) is 44.3 Å². The van der Waals surface area contributed by atoms with Gasteiger partial charge in [0.25, 0.3) is 5.91 Å². The van der Waals surface area contributed by atoms with E-state index in [2.05, 4.69) is 27.4 Å². The molecular formula is C16H24N4O3. The largest absolute Gasteiger partial charge is 0.375 e. The number of hydrogen-bond acceptors (Lipinski definition) is 6. The number of carbonyl (C=O) groups excluding carboxylic acids is 1. The summed E-state index contributed by atoms with van der Waals surface area (Å²) in [7, 11) is 0. The highest BCUT2D eigenvalue weighted by Crippen LogP contribution is 2.15. The van der Waals surface area contributed by atoms with Gasteiger partial charge in [0, 0.05) is 38.9 Å². The third kappa shape index (κ3) is 4.40. The number of aromatic nitrogens is 1. The minimum atomic E-state index is -0.397. The molecule has 0 aliphatic carbocycles. The Morgan fingerprint density at radius 3 is 3.04 bits per heavy atom. The van der Waals surface area contributed by atoms with Gasteiger partial charge in [0.1, 0.15) is 11.9 Å². The summed E-state index contributed by atoms with van der Waals surface area (Å²) in [6.07, 6.45) is 1.65.